The number of thioether (sulfide) groups is 1. The van der Waals surface area contributed by atoms with E-state index in [1.54, 1.807) is 12.1 Å². The average molecular weight is 397 g/mol. The van der Waals surface area contributed by atoms with Crippen molar-refractivity contribution in [3.8, 4) is 0 Å². The van der Waals surface area contributed by atoms with Crippen LogP contribution in [0.15, 0.2) is 29.2 Å². The number of unbranched alkanes of at least 4 members (excludes halogenated alkanes) is 3. The highest BCUT2D eigenvalue weighted by atomic mass is 32.2. The Morgan fingerprint density at radius 3 is 2.56 bits per heavy atom. The second-order valence-electron chi connectivity index (χ2n) is 7.77. The van der Waals surface area contributed by atoms with Crippen LogP contribution in [0.4, 0.5) is 4.39 Å². The molecule has 0 spiro atoms. The lowest BCUT2D eigenvalue weighted by atomic mass is 9.87. The maximum Gasteiger partial charge on any atom is 0.303 e. The van der Waals surface area contributed by atoms with Gasteiger partial charge in [0.25, 0.3) is 0 Å². The highest BCUT2D eigenvalue weighted by Gasteiger charge is 2.27. The van der Waals surface area contributed by atoms with E-state index in [1.807, 2.05) is 6.07 Å². The fourth-order valence-electron chi connectivity index (χ4n) is 4.15. The third-order valence-electron chi connectivity index (χ3n) is 5.67. The fraction of sp³-hybridized carbons (Fsp3) is 0.682. The van der Waals surface area contributed by atoms with Gasteiger partial charge in [0, 0.05) is 17.1 Å². The molecule has 1 aliphatic carbocycles. The molecule has 27 heavy (non-hydrogen) atoms. The Bertz CT molecular complexity index is 566. The van der Waals surface area contributed by atoms with Crippen molar-refractivity contribution < 1.29 is 19.4 Å². The molecule has 5 heteroatoms. The number of halogens is 1. The number of rotatable bonds is 13. The van der Waals surface area contributed by atoms with E-state index >= 15 is 0 Å². The lowest BCUT2D eigenvalue weighted by Crippen LogP contribution is -2.15. The molecule has 0 radical (unpaired) electrons. The molecule has 1 fully saturated rings. The molecule has 0 aliphatic heterocycles. The summed E-state index contributed by atoms with van der Waals surface area (Å²) in [4.78, 5) is 11.1. The second-order valence-corrected chi connectivity index (χ2v) is 8.83. The fourth-order valence-corrected chi connectivity index (χ4v) is 5.07. The molecule has 3 nitrogen and oxygen atoms in total. The van der Waals surface area contributed by atoms with Crippen LogP contribution in [0.2, 0.25) is 0 Å². The van der Waals surface area contributed by atoms with Gasteiger partial charge in [-0.1, -0.05) is 57.1 Å². The first-order valence-corrected chi connectivity index (χ1v) is 11.3. The van der Waals surface area contributed by atoms with Crippen molar-refractivity contribution in [2.75, 3.05) is 5.75 Å². The average Bonchev–Trinajstić information content (AvgIpc) is 3.09. The predicted octanol–water partition coefficient (Wildman–Crippen LogP) is 5.90. The number of carboxylic acid groups (broad SMARTS) is 1. The topological polar surface area (TPSA) is 57.5 Å². The minimum absolute atomic E-state index is 0.214. The van der Waals surface area contributed by atoms with Crippen molar-refractivity contribution in [1.82, 2.24) is 0 Å². The lowest BCUT2D eigenvalue weighted by molar-refractivity contribution is -0.137. The van der Waals surface area contributed by atoms with Crippen LogP contribution in [0, 0.1) is 17.7 Å². The molecule has 0 heterocycles. The zero-order valence-electron chi connectivity index (χ0n) is 16.1. The molecule has 2 N–H and O–H groups in total. The van der Waals surface area contributed by atoms with Gasteiger partial charge in [0.05, 0.1) is 6.10 Å². The van der Waals surface area contributed by atoms with E-state index in [-0.39, 0.29) is 18.3 Å². The number of aliphatic carboxylic acids is 1. The maximum atomic E-state index is 13.6. The molecule has 1 saturated carbocycles. The lowest BCUT2D eigenvalue weighted by Gasteiger charge is -2.21. The van der Waals surface area contributed by atoms with Crippen LogP contribution in [-0.2, 0) is 4.79 Å². The number of hydrogen-bond donors (Lipinski definition) is 2. The minimum Gasteiger partial charge on any atom is -0.481 e. The number of aliphatic hydroxyl groups excluding tert-OH is 1. The molecule has 0 aromatic heterocycles. The Kier molecular flexibility index (Phi) is 10.2. The molecule has 0 amide bonds. The zero-order chi connectivity index (χ0) is 19.5. The highest BCUT2D eigenvalue weighted by Crippen LogP contribution is 2.38. The summed E-state index contributed by atoms with van der Waals surface area (Å²) in [5, 5.41) is 18.9. The third kappa shape index (κ3) is 8.65. The maximum absolute atomic E-state index is 13.6. The summed E-state index contributed by atoms with van der Waals surface area (Å²) in [5.41, 5.74) is 0. The standard InChI is InChI=1S/C22H33FO3S/c23-20-11-5-6-12-21(20)27-16-19(24)15-14-18-10-7-9-17(18)8-3-1-2-4-13-22(25)26/h5-6,11-12,17-19,24H,1-4,7-10,13-16H2,(H,25,26)/t17-,18+,19+/m0/s1. The molecule has 3 atom stereocenters. The smallest absolute Gasteiger partial charge is 0.303 e. The van der Waals surface area contributed by atoms with E-state index in [9.17, 15) is 14.3 Å². The molecule has 0 saturated heterocycles. The summed E-state index contributed by atoms with van der Waals surface area (Å²) in [6.45, 7) is 0. The number of carboxylic acids is 1. The molecule has 1 aliphatic rings. The van der Waals surface area contributed by atoms with E-state index < -0.39 is 5.97 Å². The SMILES string of the molecule is O=C(O)CCCCCC[C@H]1CCC[C@@H]1CC[C@@H](O)CSc1ccccc1F. The summed E-state index contributed by atoms with van der Waals surface area (Å²) < 4.78 is 13.6. The van der Waals surface area contributed by atoms with Gasteiger partial charge in [0.2, 0.25) is 0 Å². The van der Waals surface area contributed by atoms with Gasteiger partial charge in [0.15, 0.2) is 0 Å². The van der Waals surface area contributed by atoms with Crippen molar-refractivity contribution in [2.24, 2.45) is 11.8 Å². The van der Waals surface area contributed by atoms with Crippen LogP contribution >= 0.6 is 11.8 Å². The predicted molar refractivity (Wildman–Crippen MR) is 109 cm³/mol. The van der Waals surface area contributed by atoms with Crippen molar-refractivity contribution in [1.29, 1.82) is 0 Å². The van der Waals surface area contributed by atoms with Crippen molar-refractivity contribution in [2.45, 2.75) is 81.6 Å². The molecule has 1 aromatic rings. The summed E-state index contributed by atoms with van der Waals surface area (Å²) in [6, 6.07) is 6.72. The number of benzene rings is 1. The highest BCUT2D eigenvalue weighted by molar-refractivity contribution is 7.99. The van der Waals surface area contributed by atoms with Crippen molar-refractivity contribution in [3.63, 3.8) is 0 Å². The van der Waals surface area contributed by atoms with Crippen molar-refractivity contribution >= 4 is 17.7 Å². The van der Waals surface area contributed by atoms with Gasteiger partial charge in [-0.3, -0.25) is 4.79 Å². The van der Waals surface area contributed by atoms with Crippen LogP contribution in [0.1, 0.15) is 70.6 Å². The van der Waals surface area contributed by atoms with Gasteiger partial charge in [-0.2, -0.15) is 0 Å². The Morgan fingerprint density at radius 1 is 1.11 bits per heavy atom. The largest absolute Gasteiger partial charge is 0.481 e. The molecule has 152 valence electrons. The first kappa shape index (κ1) is 22.2. The quantitative estimate of drug-likeness (QED) is 0.322. The summed E-state index contributed by atoms with van der Waals surface area (Å²) in [7, 11) is 0. The monoisotopic (exact) mass is 396 g/mol. The summed E-state index contributed by atoms with van der Waals surface area (Å²) in [5.74, 6) is 1.10. The first-order valence-electron chi connectivity index (χ1n) is 10.3. The number of carbonyl (C=O) groups is 1. The Balaban J connectivity index is 1.59. The summed E-state index contributed by atoms with van der Waals surface area (Å²) in [6.07, 6.45) is 10.9. The van der Waals surface area contributed by atoms with Gasteiger partial charge in [-0.15, -0.1) is 11.8 Å². The third-order valence-corrected chi connectivity index (χ3v) is 6.86. The first-order chi connectivity index (χ1) is 13.1. The molecule has 2 rings (SSSR count). The number of hydrogen-bond acceptors (Lipinski definition) is 3. The van der Waals surface area contributed by atoms with E-state index in [1.165, 1.54) is 49.9 Å². The van der Waals surface area contributed by atoms with Crippen LogP contribution < -0.4 is 0 Å². The zero-order valence-corrected chi connectivity index (χ0v) is 16.9. The van der Waals surface area contributed by atoms with Crippen molar-refractivity contribution in [3.05, 3.63) is 30.1 Å². The van der Waals surface area contributed by atoms with Gasteiger partial charge in [-0.25, -0.2) is 4.39 Å². The second kappa shape index (κ2) is 12.4. The van der Waals surface area contributed by atoms with E-state index in [4.69, 9.17) is 5.11 Å². The van der Waals surface area contributed by atoms with Gasteiger partial charge < -0.3 is 10.2 Å². The van der Waals surface area contributed by atoms with Gasteiger partial charge >= 0.3 is 5.97 Å². The summed E-state index contributed by atoms with van der Waals surface area (Å²) >= 11 is 1.40. The van der Waals surface area contributed by atoms with E-state index in [0.717, 1.165) is 38.0 Å². The van der Waals surface area contributed by atoms with Gasteiger partial charge in [0.1, 0.15) is 5.82 Å². The van der Waals surface area contributed by atoms with Crippen LogP contribution in [-0.4, -0.2) is 28.0 Å². The molecular formula is C22H33FO3S. The van der Waals surface area contributed by atoms with Crippen LogP contribution in [0.3, 0.4) is 0 Å². The Hall–Kier alpha value is -1.07. The molecule has 0 unspecified atom stereocenters. The molecule has 0 bridgehead atoms. The van der Waals surface area contributed by atoms with Gasteiger partial charge in [-0.05, 0) is 43.2 Å². The van der Waals surface area contributed by atoms with Crippen LogP contribution in [0.25, 0.3) is 0 Å². The minimum atomic E-state index is -0.697. The molecule has 1 aromatic carbocycles. The van der Waals surface area contributed by atoms with Crippen LogP contribution in [0.5, 0.6) is 0 Å². The van der Waals surface area contributed by atoms with E-state index in [0.29, 0.717) is 16.6 Å². The molecular weight excluding hydrogens is 363 g/mol. The Labute approximate surface area is 166 Å². The van der Waals surface area contributed by atoms with E-state index in [2.05, 4.69) is 0 Å². The number of aliphatic hydroxyl groups is 1. The Morgan fingerprint density at radius 2 is 1.81 bits per heavy atom. The normalized spacial score (nSPS) is 20.7.